The smallest absolute Gasteiger partial charge is 0.281 e. The number of alkyl halides is 2. The Morgan fingerprint density at radius 3 is 2.46 bits per heavy atom. The van der Waals surface area contributed by atoms with Crippen molar-refractivity contribution < 1.29 is 32.3 Å². The highest BCUT2D eigenvalue weighted by atomic mass is 35.5. The Balaban J connectivity index is 1.28. The lowest BCUT2D eigenvalue weighted by Crippen LogP contribution is -2.45. The van der Waals surface area contributed by atoms with Crippen LogP contribution >= 0.6 is 11.6 Å². The molecule has 1 atom stereocenters. The molecule has 12 heteroatoms. The summed E-state index contributed by atoms with van der Waals surface area (Å²) in [7, 11) is 0. The van der Waals surface area contributed by atoms with E-state index in [1.165, 1.54) is 23.1 Å². The summed E-state index contributed by atoms with van der Waals surface area (Å²) < 4.78 is 54.2. The van der Waals surface area contributed by atoms with E-state index in [1.807, 2.05) is 0 Å². The molecular weight excluding hydrogens is 540 g/mol. The number of carbonyl (C=O) groups is 2. The van der Waals surface area contributed by atoms with Crippen LogP contribution in [0.2, 0.25) is 5.02 Å². The van der Waals surface area contributed by atoms with Crippen molar-refractivity contribution in [1.29, 1.82) is 0 Å². The lowest BCUT2D eigenvalue weighted by molar-refractivity contribution is -0.132. The first-order chi connectivity index (χ1) is 18.6. The molecular formula is C27H23ClF4N4O3. The first kappa shape index (κ1) is 27.0. The summed E-state index contributed by atoms with van der Waals surface area (Å²) in [6, 6.07) is 6.80. The zero-order chi connectivity index (χ0) is 27.9. The standard InChI is InChI=1S/C27H23ClF4N4O3/c28-15-9-19(23(24(31)32)34-11-15)25(37)35-18-5-1-14(2-6-18)13-36-21-7-3-16(29)10-20(21)27(39,26(36)38)22-8-4-17(30)12-33-22/h3-4,7-12,14,18,24,39H,1-2,5-6,13H2,(H,35,37). The Labute approximate surface area is 225 Å². The fourth-order valence-corrected chi connectivity index (χ4v) is 5.45. The fraction of sp³-hybridized carbons (Fsp3) is 0.333. The Hall–Kier alpha value is -3.57. The molecule has 0 radical (unpaired) electrons. The van der Waals surface area contributed by atoms with Gasteiger partial charge in [0.1, 0.15) is 17.3 Å². The molecule has 204 valence electrons. The van der Waals surface area contributed by atoms with Gasteiger partial charge in [0.15, 0.2) is 0 Å². The second-order valence-corrected chi connectivity index (χ2v) is 10.2. The first-order valence-electron chi connectivity index (χ1n) is 12.3. The van der Waals surface area contributed by atoms with E-state index in [4.69, 9.17) is 11.6 Å². The van der Waals surface area contributed by atoms with Gasteiger partial charge in [-0.15, -0.1) is 0 Å². The van der Waals surface area contributed by atoms with E-state index < -0.39 is 41.2 Å². The number of fused-ring (bicyclic) bond motifs is 1. The number of hydrogen-bond acceptors (Lipinski definition) is 5. The van der Waals surface area contributed by atoms with Crippen molar-refractivity contribution >= 4 is 29.1 Å². The van der Waals surface area contributed by atoms with E-state index >= 15 is 0 Å². The third-order valence-corrected chi connectivity index (χ3v) is 7.46. The molecule has 1 aromatic carbocycles. The highest BCUT2D eigenvalue weighted by Gasteiger charge is 2.52. The van der Waals surface area contributed by atoms with Crippen molar-refractivity contribution in [2.24, 2.45) is 5.92 Å². The van der Waals surface area contributed by atoms with Crippen molar-refractivity contribution in [1.82, 2.24) is 15.3 Å². The number of halogens is 5. The highest BCUT2D eigenvalue weighted by molar-refractivity contribution is 6.30. The van der Waals surface area contributed by atoms with Crippen molar-refractivity contribution in [2.45, 2.75) is 43.8 Å². The van der Waals surface area contributed by atoms with Gasteiger partial charge in [-0.25, -0.2) is 17.6 Å². The number of nitrogens with zero attached hydrogens (tertiary/aromatic N) is 3. The number of carbonyl (C=O) groups excluding carboxylic acids is 2. The Kier molecular flexibility index (Phi) is 7.30. The molecule has 0 bridgehead atoms. The number of aliphatic hydroxyl groups is 1. The fourth-order valence-electron chi connectivity index (χ4n) is 5.29. The number of rotatable bonds is 6. The molecule has 1 aliphatic heterocycles. The van der Waals surface area contributed by atoms with Gasteiger partial charge < -0.3 is 15.3 Å². The van der Waals surface area contributed by atoms with Crippen LogP contribution in [-0.2, 0) is 10.4 Å². The van der Waals surface area contributed by atoms with Gasteiger partial charge in [0.25, 0.3) is 18.2 Å². The molecule has 1 aliphatic carbocycles. The molecule has 39 heavy (non-hydrogen) atoms. The SMILES string of the molecule is O=C(NC1CCC(CN2C(=O)C(O)(c3ccc(F)cn3)c3cc(F)ccc32)CC1)c1cc(Cl)cnc1C(F)F. The molecule has 2 N–H and O–H groups in total. The van der Waals surface area contributed by atoms with Crippen LogP contribution in [0.25, 0.3) is 0 Å². The monoisotopic (exact) mass is 562 g/mol. The number of benzene rings is 1. The van der Waals surface area contributed by atoms with Gasteiger partial charge in [-0.1, -0.05) is 11.6 Å². The molecule has 0 saturated heterocycles. The molecule has 5 rings (SSSR count). The third-order valence-electron chi connectivity index (χ3n) is 7.25. The number of nitrogens with one attached hydrogen (secondary N) is 1. The van der Waals surface area contributed by atoms with E-state index in [2.05, 4.69) is 15.3 Å². The van der Waals surface area contributed by atoms with E-state index in [0.717, 1.165) is 30.6 Å². The average molecular weight is 563 g/mol. The molecule has 2 aliphatic rings. The molecule has 1 unspecified atom stereocenters. The molecule has 1 fully saturated rings. The number of aromatic nitrogens is 2. The quantitative estimate of drug-likeness (QED) is 0.416. The van der Waals surface area contributed by atoms with Gasteiger partial charge in [-0.3, -0.25) is 19.6 Å². The summed E-state index contributed by atoms with van der Waals surface area (Å²) >= 11 is 5.85. The van der Waals surface area contributed by atoms with Crippen molar-refractivity contribution in [3.05, 3.63) is 88.0 Å². The van der Waals surface area contributed by atoms with Crippen LogP contribution in [0.1, 0.15) is 59.4 Å². The first-order valence-corrected chi connectivity index (χ1v) is 12.7. The van der Waals surface area contributed by atoms with Crippen molar-refractivity contribution in [3.63, 3.8) is 0 Å². The number of pyridine rings is 2. The molecule has 2 amide bonds. The number of hydrogen-bond donors (Lipinski definition) is 2. The lowest BCUT2D eigenvalue weighted by atomic mass is 9.85. The maximum absolute atomic E-state index is 14.2. The zero-order valence-corrected chi connectivity index (χ0v) is 21.1. The van der Waals surface area contributed by atoms with Gasteiger partial charge in [0, 0.05) is 24.3 Å². The molecule has 2 aromatic heterocycles. The largest absolute Gasteiger partial charge is 0.370 e. The molecule has 0 spiro atoms. The molecule has 3 heterocycles. The van der Waals surface area contributed by atoms with Crippen LogP contribution in [0.4, 0.5) is 23.2 Å². The van der Waals surface area contributed by atoms with Crippen molar-refractivity contribution in [2.75, 3.05) is 11.4 Å². The van der Waals surface area contributed by atoms with E-state index in [-0.39, 0.29) is 40.3 Å². The van der Waals surface area contributed by atoms with Gasteiger partial charge in [0.2, 0.25) is 5.60 Å². The van der Waals surface area contributed by atoms with Crippen LogP contribution in [0.3, 0.4) is 0 Å². The normalized spacial score (nSPS) is 22.7. The van der Waals surface area contributed by atoms with Gasteiger partial charge in [-0.2, -0.15) is 0 Å². The van der Waals surface area contributed by atoms with Crippen LogP contribution in [0.5, 0.6) is 0 Å². The molecule has 7 nitrogen and oxygen atoms in total. The highest BCUT2D eigenvalue weighted by Crippen LogP contribution is 2.45. The van der Waals surface area contributed by atoms with E-state index in [1.54, 1.807) is 0 Å². The summed E-state index contributed by atoms with van der Waals surface area (Å²) in [4.78, 5) is 35.1. The van der Waals surface area contributed by atoms with Gasteiger partial charge in [-0.05, 0) is 68.0 Å². The second kappa shape index (κ2) is 10.5. The summed E-state index contributed by atoms with van der Waals surface area (Å²) in [6.45, 7) is 0.218. The van der Waals surface area contributed by atoms with Crippen LogP contribution in [-0.4, -0.2) is 39.5 Å². The van der Waals surface area contributed by atoms with Crippen LogP contribution in [0, 0.1) is 17.6 Å². The zero-order valence-electron chi connectivity index (χ0n) is 20.4. The summed E-state index contributed by atoms with van der Waals surface area (Å²) in [5.41, 5.74) is -2.95. The minimum Gasteiger partial charge on any atom is -0.370 e. The lowest BCUT2D eigenvalue weighted by Gasteiger charge is -2.32. The number of amides is 2. The minimum absolute atomic E-state index is 0.0204. The Morgan fingerprint density at radius 2 is 1.79 bits per heavy atom. The van der Waals surface area contributed by atoms with Crippen molar-refractivity contribution in [3.8, 4) is 0 Å². The van der Waals surface area contributed by atoms with Gasteiger partial charge in [0.05, 0.1) is 28.2 Å². The predicted molar refractivity (Wildman–Crippen MR) is 133 cm³/mol. The molecule has 3 aromatic rings. The average Bonchev–Trinajstić information content (AvgIpc) is 3.11. The predicted octanol–water partition coefficient (Wildman–Crippen LogP) is 4.92. The van der Waals surface area contributed by atoms with E-state index in [0.29, 0.717) is 31.4 Å². The summed E-state index contributed by atoms with van der Waals surface area (Å²) in [5.74, 6) is -2.72. The molecule has 1 saturated carbocycles. The summed E-state index contributed by atoms with van der Waals surface area (Å²) in [6.07, 6.45) is 1.23. The Morgan fingerprint density at radius 1 is 1.08 bits per heavy atom. The Bertz CT molecular complexity index is 1420. The van der Waals surface area contributed by atoms with Crippen LogP contribution in [0.15, 0.2) is 48.8 Å². The third kappa shape index (κ3) is 5.08. The van der Waals surface area contributed by atoms with E-state index in [9.17, 15) is 32.3 Å². The van der Waals surface area contributed by atoms with Crippen LogP contribution < -0.4 is 10.2 Å². The van der Waals surface area contributed by atoms with Gasteiger partial charge >= 0.3 is 0 Å². The second-order valence-electron chi connectivity index (χ2n) is 9.73. The maximum atomic E-state index is 14.2. The minimum atomic E-state index is -2.93. The maximum Gasteiger partial charge on any atom is 0.281 e. The topological polar surface area (TPSA) is 95.4 Å². The number of anilines is 1. The summed E-state index contributed by atoms with van der Waals surface area (Å²) in [5, 5.41) is 14.3.